The second kappa shape index (κ2) is 6.64. The smallest absolute Gasteiger partial charge is 0.225 e. The summed E-state index contributed by atoms with van der Waals surface area (Å²) in [5.74, 6) is 1.38. The Morgan fingerprint density at radius 2 is 1.96 bits per heavy atom. The average molecular weight is 349 g/mol. The minimum Gasteiger partial charge on any atom is -0.474 e. The van der Waals surface area contributed by atoms with Gasteiger partial charge in [0.1, 0.15) is 11.9 Å². The van der Waals surface area contributed by atoms with Gasteiger partial charge in [-0.2, -0.15) is 4.98 Å². The van der Waals surface area contributed by atoms with Crippen LogP contribution in [0.4, 0.5) is 0 Å². The highest BCUT2D eigenvalue weighted by atomic mass is 32.2. The van der Waals surface area contributed by atoms with E-state index in [9.17, 15) is 8.42 Å². The third-order valence-corrected chi connectivity index (χ3v) is 5.71. The molecule has 3 rings (SSSR count). The summed E-state index contributed by atoms with van der Waals surface area (Å²) in [7, 11) is -3.12. The van der Waals surface area contributed by atoms with E-state index in [0.717, 1.165) is 28.7 Å². The van der Waals surface area contributed by atoms with Crippen LogP contribution in [0.15, 0.2) is 18.2 Å². The molecule has 1 aromatic carbocycles. The molecule has 0 atom stereocenters. The van der Waals surface area contributed by atoms with Crippen LogP contribution in [0.5, 0.6) is 5.88 Å². The molecule has 1 saturated heterocycles. The van der Waals surface area contributed by atoms with E-state index in [-0.39, 0.29) is 6.10 Å². The zero-order valence-electron chi connectivity index (χ0n) is 14.3. The topological polar surface area (TPSA) is 72.4 Å². The van der Waals surface area contributed by atoms with E-state index in [2.05, 4.69) is 9.97 Å². The molecule has 0 saturated carbocycles. The molecule has 24 heavy (non-hydrogen) atoms. The highest BCUT2D eigenvalue weighted by Crippen LogP contribution is 2.28. The van der Waals surface area contributed by atoms with Crippen LogP contribution >= 0.6 is 0 Å². The molecular weight excluding hydrogens is 326 g/mol. The van der Waals surface area contributed by atoms with Gasteiger partial charge in [0, 0.05) is 19.5 Å². The molecule has 2 heterocycles. The van der Waals surface area contributed by atoms with E-state index in [1.807, 2.05) is 32.0 Å². The van der Waals surface area contributed by atoms with Gasteiger partial charge in [0.25, 0.3) is 0 Å². The summed E-state index contributed by atoms with van der Waals surface area (Å²) >= 11 is 0. The summed E-state index contributed by atoms with van der Waals surface area (Å²) < 4.78 is 30.9. The first-order chi connectivity index (χ1) is 11.4. The quantitative estimate of drug-likeness (QED) is 0.847. The van der Waals surface area contributed by atoms with E-state index in [4.69, 9.17) is 4.74 Å². The van der Waals surface area contributed by atoms with Gasteiger partial charge in [-0.1, -0.05) is 19.1 Å². The Morgan fingerprint density at radius 1 is 1.25 bits per heavy atom. The monoisotopic (exact) mass is 349 g/mol. The lowest BCUT2D eigenvalue weighted by Crippen LogP contribution is -2.41. The van der Waals surface area contributed by atoms with Gasteiger partial charge < -0.3 is 4.74 Å². The van der Waals surface area contributed by atoms with Crippen molar-refractivity contribution in [1.82, 2.24) is 14.3 Å². The van der Waals surface area contributed by atoms with Crippen molar-refractivity contribution in [3.8, 4) is 5.88 Å². The lowest BCUT2D eigenvalue weighted by Gasteiger charge is -2.30. The van der Waals surface area contributed by atoms with Crippen LogP contribution < -0.4 is 4.74 Å². The molecule has 7 heteroatoms. The zero-order chi connectivity index (χ0) is 17.3. The van der Waals surface area contributed by atoms with Crippen LogP contribution in [-0.4, -0.2) is 48.1 Å². The third kappa shape index (κ3) is 3.52. The standard InChI is InChI=1S/C17H23N3O3S/c1-4-15-18-14-7-5-6-12(2)16(14)17(19-15)23-13-8-10-20(11-9-13)24(3,21)22/h5-7,13H,4,8-11H2,1-3H3. The Balaban J connectivity index is 1.85. The number of nitrogens with zero attached hydrogens (tertiary/aromatic N) is 3. The van der Waals surface area contributed by atoms with E-state index in [1.54, 1.807) is 0 Å². The summed E-state index contributed by atoms with van der Waals surface area (Å²) in [6, 6.07) is 5.98. The first-order valence-corrected chi connectivity index (χ1v) is 10.1. The predicted octanol–water partition coefficient (Wildman–Crippen LogP) is 2.30. The molecule has 6 nitrogen and oxygen atoms in total. The van der Waals surface area contributed by atoms with E-state index >= 15 is 0 Å². The fourth-order valence-corrected chi connectivity index (χ4v) is 3.92. The maximum Gasteiger partial charge on any atom is 0.225 e. The molecule has 2 aromatic rings. The number of hydrogen-bond donors (Lipinski definition) is 0. The van der Waals surface area contributed by atoms with Gasteiger partial charge in [-0.05, 0) is 31.4 Å². The van der Waals surface area contributed by atoms with Crippen molar-refractivity contribution >= 4 is 20.9 Å². The Kier molecular flexibility index (Phi) is 4.73. The van der Waals surface area contributed by atoms with Crippen LogP contribution in [0.1, 0.15) is 31.2 Å². The fraction of sp³-hybridized carbons (Fsp3) is 0.529. The molecule has 1 aliphatic rings. The second-order valence-corrected chi connectivity index (χ2v) is 8.23. The van der Waals surface area contributed by atoms with Gasteiger partial charge >= 0.3 is 0 Å². The van der Waals surface area contributed by atoms with Crippen molar-refractivity contribution in [2.45, 2.75) is 39.2 Å². The lowest BCUT2D eigenvalue weighted by molar-refractivity contribution is 0.131. The minimum absolute atomic E-state index is 0.0228. The van der Waals surface area contributed by atoms with Crippen molar-refractivity contribution in [2.75, 3.05) is 19.3 Å². The van der Waals surface area contributed by atoms with Crippen molar-refractivity contribution in [2.24, 2.45) is 0 Å². The van der Waals surface area contributed by atoms with Crippen molar-refractivity contribution in [1.29, 1.82) is 0 Å². The van der Waals surface area contributed by atoms with Gasteiger partial charge in [0.2, 0.25) is 15.9 Å². The summed E-state index contributed by atoms with van der Waals surface area (Å²) in [5.41, 5.74) is 1.98. The number of fused-ring (bicyclic) bond motifs is 1. The number of ether oxygens (including phenoxy) is 1. The minimum atomic E-state index is -3.12. The van der Waals surface area contributed by atoms with E-state index in [0.29, 0.717) is 31.8 Å². The third-order valence-electron chi connectivity index (χ3n) is 4.41. The molecule has 1 aromatic heterocycles. The summed E-state index contributed by atoms with van der Waals surface area (Å²) in [5, 5.41) is 0.945. The molecule has 1 aliphatic heterocycles. The number of aryl methyl sites for hydroxylation is 2. The van der Waals surface area contributed by atoms with Crippen LogP contribution in [0.25, 0.3) is 10.9 Å². The lowest BCUT2D eigenvalue weighted by atomic mass is 10.1. The first kappa shape index (κ1) is 17.1. The van der Waals surface area contributed by atoms with Crippen LogP contribution in [0.3, 0.4) is 0 Å². The SMILES string of the molecule is CCc1nc(OC2CCN(S(C)(=O)=O)CC2)c2c(C)cccc2n1. The highest BCUT2D eigenvalue weighted by molar-refractivity contribution is 7.88. The second-order valence-electron chi connectivity index (χ2n) is 6.25. The van der Waals surface area contributed by atoms with Crippen LogP contribution in [0.2, 0.25) is 0 Å². The number of hydrogen-bond acceptors (Lipinski definition) is 5. The number of benzene rings is 1. The molecule has 0 N–H and O–H groups in total. The average Bonchev–Trinajstić information content (AvgIpc) is 2.54. The van der Waals surface area contributed by atoms with Crippen molar-refractivity contribution < 1.29 is 13.2 Å². The zero-order valence-corrected chi connectivity index (χ0v) is 15.1. The molecule has 0 aliphatic carbocycles. The largest absolute Gasteiger partial charge is 0.474 e. The van der Waals surface area contributed by atoms with Crippen molar-refractivity contribution in [3.05, 3.63) is 29.6 Å². The van der Waals surface area contributed by atoms with Gasteiger partial charge in [-0.25, -0.2) is 17.7 Å². The Morgan fingerprint density at radius 3 is 2.58 bits per heavy atom. The maximum atomic E-state index is 11.6. The number of aromatic nitrogens is 2. The molecule has 0 amide bonds. The normalized spacial score (nSPS) is 17.3. The Hall–Kier alpha value is -1.73. The van der Waals surface area contributed by atoms with E-state index in [1.165, 1.54) is 10.6 Å². The Labute approximate surface area is 142 Å². The predicted molar refractivity (Wildman–Crippen MR) is 93.7 cm³/mol. The highest BCUT2D eigenvalue weighted by Gasteiger charge is 2.27. The van der Waals surface area contributed by atoms with Gasteiger partial charge in [0.15, 0.2) is 0 Å². The molecule has 130 valence electrons. The first-order valence-electron chi connectivity index (χ1n) is 8.26. The fourth-order valence-electron chi connectivity index (χ4n) is 3.04. The van der Waals surface area contributed by atoms with Crippen LogP contribution in [0, 0.1) is 6.92 Å². The van der Waals surface area contributed by atoms with Gasteiger partial charge in [-0.15, -0.1) is 0 Å². The maximum absolute atomic E-state index is 11.6. The summed E-state index contributed by atoms with van der Waals surface area (Å²) in [4.78, 5) is 9.15. The molecule has 0 spiro atoms. The summed E-state index contributed by atoms with van der Waals surface area (Å²) in [6.45, 7) is 5.03. The van der Waals surface area contributed by atoms with Crippen molar-refractivity contribution in [3.63, 3.8) is 0 Å². The molecular formula is C17H23N3O3S. The van der Waals surface area contributed by atoms with Gasteiger partial charge in [0.05, 0.1) is 17.2 Å². The molecule has 0 radical (unpaired) electrons. The van der Waals surface area contributed by atoms with Gasteiger partial charge in [-0.3, -0.25) is 0 Å². The number of rotatable bonds is 4. The molecule has 0 bridgehead atoms. The molecule has 1 fully saturated rings. The molecule has 0 unspecified atom stereocenters. The number of piperidine rings is 1. The van der Waals surface area contributed by atoms with E-state index < -0.39 is 10.0 Å². The number of sulfonamides is 1. The Bertz CT molecular complexity index is 844. The summed E-state index contributed by atoms with van der Waals surface area (Å²) in [6.07, 6.45) is 3.32. The van der Waals surface area contributed by atoms with Crippen LogP contribution in [-0.2, 0) is 16.4 Å².